The zero-order valence-electron chi connectivity index (χ0n) is 14.8. The maximum atomic E-state index is 12.3. The molecule has 1 aromatic carbocycles. The van der Waals surface area contributed by atoms with Crippen LogP contribution < -0.4 is 10.1 Å². The molecule has 0 saturated carbocycles. The average molecular weight is 351 g/mol. The predicted octanol–water partition coefficient (Wildman–Crippen LogP) is 2.69. The van der Waals surface area contributed by atoms with Crippen LogP contribution in [0.1, 0.15) is 31.3 Å². The van der Waals surface area contributed by atoms with Crippen molar-refractivity contribution >= 4 is 5.91 Å². The monoisotopic (exact) mass is 351 g/mol. The molecular weight excluding hydrogens is 330 g/mol. The molecule has 134 valence electrons. The number of aromatic nitrogens is 4. The fraction of sp³-hybridized carbons (Fsp3) is 0.263. The van der Waals surface area contributed by atoms with Crippen LogP contribution in [0, 0.1) is 0 Å². The van der Waals surface area contributed by atoms with Crippen molar-refractivity contribution in [2.75, 3.05) is 6.61 Å². The molecule has 0 aliphatic heterocycles. The number of benzene rings is 1. The summed E-state index contributed by atoms with van der Waals surface area (Å²) in [6.07, 6.45) is 3.67. The van der Waals surface area contributed by atoms with Gasteiger partial charge in [0.05, 0.1) is 19.1 Å². The minimum Gasteiger partial charge on any atom is -0.494 e. The van der Waals surface area contributed by atoms with Crippen molar-refractivity contribution in [1.29, 1.82) is 0 Å². The molecule has 2 aromatic heterocycles. The second kappa shape index (κ2) is 8.24. The van der Waals surface area contributed by atoms with Crippen molar-refractivity contribution in [2.45, 2.75) is 26.3 Å². The fourth-order valence-corrected chi connectivity index (χ4v) is 2.51. The molecule has 2 N–H and O–H groups in total. The number of nitrogens with zero attached hydrogens (tertiary/aromatic N) is 3. The molecule has 0 aliphatic rings. The van der Waals surface area contributed by atoms with Crippen LogP contribution in [0.25, 0.3) is 11.4 Å². The second-order valence-corrected chi connectivity index (χ2v) is 5.82. The lowest BCUT2D eigenvalue weighted by Crippen LogP contribution is -2.28. The molecule has 3 rings (SSSR count). The topological polar surface area (TPSA) is 92.8 Å². The molecule has 0 saturated heterocycles. The Hall–Kier alpha value is -3.22. The molecule has 2 heterocycles. The lowest BCUT2D eigenvalue weighted by atomic mass is 10.1. The number of carbonyl (C=O) groups is 1. The maximum Gasteiger partial charge on any atom is 0.224 e. The van der Waals surface area contributed by atoms with E-state index in [2.05, 4.69) is 25.5 Å². The smallest absolute Gasteiger partial charge is 0.224 e. The predicted molar refractivity (Wildman–Crippen MR) is 97.5 cm³/mol. The van der Waals surface area contributed by atoms with Gasteiger partial charge in [-0.15, -0.1) is 0 Å². The Kier molecular flexibility index (Phi) is 5.58. The van der Waals surface area contributed by atoms with Gasteiger partial charge in [0.1, 0.15) is 11.6 Å². The summed E-state index contributed by atoms with van der Waals surface area (Å²) in [5.41, 5.74) is 1.80. The Morgan fingerprint density at radius 2 is 1.92 bits per heavy atom. The van der Waals surface area contributed by atoms with E-state index in [0.717, 1.165) is 16.9 Å². The number of amides is 1. The first-order chi connectivity index (χ1) is 12.7. The number of hydrogen-bond donors (Lipinski definition) is 2. The van der Waals surface area contributed by atoms with Crippen LogP contribution in [0.2, 0.25) is 0 Å². The summed E-state index contributed by atoms with van der Waals surface area (Å²) in [7, 11) is 0. The first kappa shape index (κ1) is 17.6. The van der Waals surface area contributed by atoms with Gasteiger partial charge in [-0.05, 0) is 43.7 Å². The van der Waals surface area contributed by atoms with Gasteiger partial charge in [-0.2, -0.15) is 5.10 Å². The van der Waals surface area contributed by atoms with Crippen LogP contribution in [0.5, 0.6) is 5.75 Å². The van der Waals surface area contributed by atoms with Gasteiger partial charge >= 0.3 is 0 Å². The highest BCUT2D eigenvalue weighted by Crippen LogP contribution is 2.16. The summed E-state index contributed by atoms with van der Waals surface area (Å²) in [5, 5.41) is 10.0. The largest absolute Gasteiger partial charge is 0.494 e. The van der Waals surface area contributed by atoms with E-state index in [9.17, 15) is 4.79 Å². The molecule has 0 radical (unpaired) electrons. The molecule has 0 aliphatic carbocycles. The van der Waals surface area contributed by atoms with Crippen LogP contribution in [-0.4, -0.2) is 32.7 Å². The molecule has 7 nitrogen and oxygen atoms in total. The minimum atomic E-state index is -0.270. The molecule has 0 spiro atoms. The van der Waals surface area contributed by atoms with E-state index in [1.807, 2.05) is 50.2 Å². The number of aromatic amines is 1. The van der Waals surface area contributed by atoms with E-state index < -0.39 is 0 Å². The molecule has 26 heavy (non-hydrogen) atoms. The zero-order chi connectivity index (χ0) is 18.4. The number of nitrogens with one attached hydrogen (secondary N) is 2. The van der Waals surface area contributed by atoms with E-state index >= 15 is 0 Å². The molecule has 0 unspecified atom stereocenters. The van der Waals surface area contributed by atoms with Gasteiger partial charge in [0, 0.05) is 18.0 Å². The van der Waals surface area contributed by atoms with Crippen LogP contribution in [-0.2, 0) is 11.2 Å². The Bertz CT molecular complexity index is 846. The summed E-state index contributed by atoms with van der Waals surface area (Å²) >= 11 is 0. The standard InChI is InChI=1S/C19H21N5O2/c1-3-26-16-6-4-14(5-7-16)12-17(25)21-13(2)18-22-19(24-23-18)15-8-10-20-11-9-15/h4-11,13H,3,12H2,1-2H3,(H,21,25)(H,22,23,24)/t13-/m1/s1. The Morgan fingerprint density at radius 1 is 1.19 bits per heavy atom. The third kappa shape index (κ3) is 4.44. The highest BCUT2D eigenvalue weighted by atomic mass is 16.5. The highest BCUT2D eigenvalue weighted by molar-refractivity contribution is 5.78. The average Bonchev–Trinajstić information content (AvgIpc) is 3.15. The number of carbonyl (C=O) groups excluding carboxylic acids is 1. The molecule has 1 atom stereocenters. The van der Waals surface area contributed by atoms with Crippen LogP contribution in [0.15, 0.2) is 48.8 Å². The lowest BCUT2D eigenvalue weighted by Gasteiger charge is -2.11. The summed E-state index contributed by atoms with van der Waals surface area (Å²) in [4.78, 5) is 20.7. The molecule has 0 bridgehead atoms. The summed E-state index contributed by atoms with van der Waals surface area (Å²) in [6, 6.07) is 10.9. The first-order valence-electron chi connectivity index (χ1n) is 8.49. The number of ether oxygens (including phenoxy) is 1. The van der Waals surface area contributed by atoms with E-state index in [4.69, 9.17) is 4.74 Å². The van der Waals surface area contributed by atoms with Crippen molar-refractivity contribution in [1.82, 2.24) is 25.5 Å². The maximum absolute atomic E-state index is 12.3. The van der Waals surface area contributed by atoms with Crippen LogP contribution >= 0.6 is 0 Å². The third-order valence-electron chi connectivity index (χ3n) is 3.83. The normalized spacial score (nSPS) is 11.8. The summed E-state index contributed by atoms with van der Waals surface area (Å²) in [5.74, 6) is 1.91. The van der Waals surface area contributed by atoms with Crippen molar-refractivity contribution in [3.05, 3.63) is 60.2 Å². The minimum absolute atomic E-state index is 0.0801. The SMILES string of the molecule is CCOc1ccc(CC(=O)N[C@H](C)c2nc(-c3ccncc3)n[nH]2)cc1. The molecule has 1 amide bonds. The number of pyridine rings is 1. The van der Waals surface area contributed by atoms with Gasteiger partial charge in [-0.3, -0.25) is 14.9 Å². The van der Waals surface area contributed by atoms with Crippen molar-refractivity contribution < 1.29 is 9.53 Å². The highest BCUT2D eigenvalue weighted by Gasteiger charge is 2.15. The van der Waals surface area contributed by atoms with Crippen molar-refractivity contribution in [3.63, 3.8) is 0 Å². The van der Waals surface area contributed by atoms with E-state index in [1.165, 1.54) is 0 Å². The molecule has 0 fully saturated rings. The Balaban J connectivity index is 1.58. The van der Waals surface area contributed by atoms with Gasteiger partial charge in [0.25, 0.3) is 0 Å². The van der Waals surface area contributed by atoms with E-state index in [1.54, 1.807) is 12.4 Å². The van der Waals surface area contributed by atoms with E-state index in [0.29, 0.717) is 24.7 Å². The Labute approximate surface area is 151 Å². The van der Waals surface area contributed by atoms with Crippen LogP contribution in [0.3, 0.4) is 0 Å². The zero-order valence-corrected chi connectivity index (χ0v) is 14.8. The third-order valence-corrected chi connectivity index (χ3v) is 3.83. The van der Waals surface area contributed by atoms with Gasteiger partial charge in [0.2, 0.25) is 5.91 Å². The molecular formula is C19H21N5O2. The van der Waals surface area contributed by atoms with Crippen LogP contribution in [0.4, 0.5) is 0 Å². The van der Waals surface area contributed by atoms with Crippen molar-refractivity contribution in [3.8, 4) is 17.1 Å². The Morgan fingerprint density at radius 3 is 2.62 bits per heavy atom. The van der Waals surface area contributed by atoms with Gasteiger partial charge in [0.15, 0.2) is 5.82 Å². The van der Waals surface area contributed by atoms with Gasteiger partial charge in [-0.25, -0.2) is 4.98 Å². The molecule has 7 heteroatoms. The van der Waals surface area contributed by atoms with Crippen molar-refractivity contribution in [2.24, 2.45) is 0 Å². The number of hydrogen-bond acceptors (Lipinski definition) is 5. The van der Waals surface area contributed by atoms with Gasteiger partial charge in [-0.1, -0.05) is 12.1 Å². The first-order valence-corrected chi connectivity index (χ1v) is 8.49. The lowest BCUT2D eigenvalue weighted by molar-refractivity contribution is -0.121. The summed E-state index contributed by atoms with van der Waals surface area (Å²) < 4.78 is 5.40. The second-order valence-electron chi connectivity index (χ2n) is 5.82. The number of rotatable bonds is 7. The fourth-order valence-electron chi connectivity index (χ4n) is 2.51. The summed E-state index contributed by atoms with van der Waals surface area (Å²) in [6.45, 7) is 4.43. The number of H-pyrrole nitrogens is 1. The van der Waals surface area contributed by atoms with Gasteiger partial charge < -0.3 is 10.1 Å². The van der Waals surface area contributed by atoms with E-state index in [-0.39, 0.29) is 11.9 Å². The quantitative estimate of drug-likeness (QED) is 0.683. The molecule has 3 aromatic rings.